The number of nitrogens with zero attached hydrogens (tertiary/aromatic N) is 3. The summed E-state index contributed by atoms with van der Waals surface area (Å²) < 4.78 is 5.72. The molecule has 0 aliphatic carbocycles. The average molecular weight is 299 g/mol. The number of thioether (sulfide) groups is 1. The predicted molar refractivity (Wildman–Crippen MR) is 84.2 cm³/mol. The molecule has 21 heavy (non-hydrogen) atoms. The molecule has 2 aliphatic rings. The molecule has 108 valence electrons. The number of rotatable bonds is 3. The first-order valence-electron chi connectivity index (χ1n) is 7.31. The zero-order chi connectivity index (χ0) is 14.2. The Hall–Kier alpha value is -1.75. The van der Waals surface area contributed by atoms with Crippen molar-refractivity contribution in [1.29, 1.82) is 0 Å². The molecule has 0 amide bonds. The average Bonchev–Trinajstić information content (AvgIpc) is 3.23. The van der Waals surface area contributed by atoms with Crippen molar-refractivity contribution in [2.24, 2.45) is 4.99 Å². The lowest BCUT2D eigenvalue weighted by Crippen LogP contribution is -2.35. The minimum atomic E-state index is 0.0224. The minimum absolute atomic E-state index is 0.0224. The van der Waals surface area contributed by atoms with E-state index in [0.29, 0.717) is 6.04 Å². The number of furan rings is 1. The maximum atomic E-state index is 5.72. The van der Waals surface area contributed by atoms with Crippen molar-refractivity contribution in [1.82, 2.24) is 9.88 Å². The summed E-state index contributed by atoms with van der Waals surface area (Å²) in [5.74, 6) is 2.09. The number of fused-ring (bicyclic) bond motifs is 1. The molecule has 0 radical (unpaired) electrons. The minimum Gasteiger partial charge on any atom is -0.467 e. The third kappa shape index (κ3) is 2.07. The number of hydrogen-bond acceptors (Lipinski definition) is 5. The molecule has 1 fully saturated rings. The van der Waals surface area contributed by atoms with Crippen LogP contribution in [0.1, 0.15) is 36.9 Å². The van der Waals surface area contributed by atoms with Gasteiger partial charge >= 0.3 is 0 Å². The maximum Gasteiger partial charge on any atom is 0.161 e. The second kappa shape index (κ2) is 5.22. The number of pyridine rings is 1. The highest BCUT2D eigenvalue weighted by atomic mass is 32.2. The predicted octanol–water partition coefficient (Wildman–Crippen LogP) is 3.65. The van der Waals surface area contributed by atoms with Gasteiger partial charge in [0.15, 0.2) is 5.17 Å². The molecule has 0 unspecified atom stereocenters. The molecular weight excluding hydrogens is 282 g/mol. The van der Waals surface area contributed by atoms with Crippen molar-refractivity contribution < 1.29 is 4.42 Å². The molecule has 0 spiro atoms. The highest BCUT2D eigenvalue weighted by Gasteiger charge is 2.46. The summed E-state index contributed by atoms with van der Waals surface area (Å²) in [4.78, 5) is 11.9. The van der Waals surface area contributed by atoms with E-state index in [1.54, 1.807) is 6.26 Å². The van der Waals surface area contributed by atoms with E-state index in [2.05, 4.69) is 28.9 Å². The van der Waals surface area contributed by atoms with Crippen LogP contribution in [-0.2, 0) is 0 Å². The van der Waals surface area contributed by atoms with Crippen LogP contribution in [0, 0.1) is 0 Å². The molecule has 2 aromatic rings. The van der Waals surface area contributed by atoms with Crippen molar-refractivity contribution in [3.63, 3.8) is 0 Å². The van der Waals surface area contributed by atoms with E-state index < -0.39 is 0 Å². The van der Waals surface area contributed by atoms with E-state index in [1.807, 2.05) is 36.2 Å². The number of aliphatic imine (C=N–C) groups is 1. The van der Waals surface area contributed by atoms with Crippen LogP contribution < -0.4 is 0 Å². The molecule has 4 heterocycles. The molecule has 5 heteroatoms. The Morgan fingerprint density at radius 2 is 2.29 bits per heavy atom. The summed E-state index contributed by atoms with van der Waals surface area (Å²) in [6.07, 6.45) is 4.70. The van der Waals surface area contributed by atoms with Gasteiger partial charge in [-0.15, -0.1) is 0 Å². The van der Waals surface area contributed by atoms with Crippen molar-refractivity contribution in [2.75, 3.05) is 5.75 Å². The Kier molecular flexibility index (Phi) is 3.22. The molecule has 4 nitrogen and oxygen atoms in total. The van der Waals surface area contributed by atoms with Crippen LogP contribution in [-0.4, -0.2) is 26.8 Å². The van der Waals surface area contributed by atoms with Gasteiger partial charge in [0, 0.05) is 18.0 Å². The second-order valence-electron chi connectivity index (χ2n) is 5.35. The fourth-order valence-electron chi connectivity index (χ4n) is 3.12. The largest absolute Gasteiger partial charge is 0.467 e. The van der Waals surface area contributed by atoms with E-state index in [9.17, 15) is 0 Å². The lowest BCUT2D eigenvalue weighted by Gasteiger charge is -2.29. The normalized spacial score (nSPS) is 27.8. The quantitative estimate of drug-likeness (QED) is 0.867. The zero-order valence-corrected chi connectivity index (χ0v) is 12.7. The molecule has 3 atom stereocenters. The van der Waals surface area contributed by atoms with Gasteiger partial charge < -0.3 is 9.32 Å². The molecular formula is C16H17N3OS. The molecule has 4 rings (SSSR count). The Labute approximate surface area is 128 Å². The van der Waals surface area contributed by atoms with Crippen LogP contribution in [0.25, 0.3) is 0 Å². The highest BCUT2D eigenvalue weighted by molar-refractivity contribution is 8.14. The van der Waals surface area contributed by atoms with E-state index in [-0.39, 0.29) is 12.1 Å². The second-order valence-corrected chi connectivity index (χ2v) is 6.34. The molecule has 0 N–H and O–H groups in total. The van der Waals surface area contributed by atoms with Crippen molar-refractivity contribution >= 4 is 16.9 Å². The monoisotopic (exact) mass is 299 g/mol. The fourth-order valence-corrected chi connectivity index (χ4v) is 4.46. The summed E-state index contributed by atoms with van der Waals surface area (Å²) >= 11 is 1.85. The molecule has 2 aliphatic heterocycles. The summed E-state index contributed by atoms with van der Waals surface area (Å²) in [6.45, 7) is 2.24. The van der Waals surface area contributed by atoms with Crippen LogP contribution in [0.3, 0.4) is 0 Å². The summed E-state index contributed by atoms with van der Waals surface area (Å²) in [5, 5.41) is 1.14. The highest BCUT2D eigenvalue weighted by Crippen LogP contribution is 2.48. The van der Waals surface area contributed by atoms with Gasteiger partial charge in [0.1, 0.15) is 17.8 Å². The standard InChI is InChI=1S/C16H17N3OS/c1-2-11-10-21-16-18-14(12-6-3-4-8-17-12)15(19(11)16)13-7-5-9-20-13/h3-9,11,14-15H,2,10H2,1H3/t11-,14+,15+/m0/s1. The lowest BCUT2D eigenvalue weighted by atomic mass is 10.0. The van der Waals surface area contributed by atoms with Gasteiger partial charge in [-0.2, -0.15) is 0 Å². The molecule has 1 saturated heterocycles. The van der Waals surface area contributed by atoms with Gasteiger partial charge in [-0.3, -0.25) is 4.98 Å². The van der Waals surface area contributed by atoms with E-state index >= 15 is 0 Å². The number of hydrogen-bond donors (Lipinski definition) is 0. The molecule has 0 aromatic carbocycles. The van der Waals surface area contributed by atoms with Crippen LogP contribution >= 0.6 is 11.8 Å². The Morgan fingerprint density at radius 1 is 1.33 bits per heavy atom. The Balaban J connectivity index is 1.78. The number of aromatic nitrogens is 1. The van der Waals surface area contributed by atoms with Crippen molar-refractivity contribution in [2.45, 2.75) is 31.5 Å². The first-order chi connectivity index (χ1) is 10.4. The Bertz CT molecular complexity index is 641. The molecule has 2 aromatic heterocycles. The van der Waals surface area contributed by atoms with Crippen molar-refractivity contribution in [3.8, 4) is 0 Å². The van der Waals surface area contributed by atoms with E-state index in [4.69, 9.17) is 9.41 Å². The first kappa shape index (κ1) is 13.0. The van der Waals surface area contributed by atoms with Crippen LogP contribution in [0.4, 0.5) is 0 Å². The van der Waals surface area contributed by atoms with Crippen LogP contribution in [0.5, 0.6) is 0 Å². The van der Waals surface area contributed by atoms with E-state index in [0.717, 1.165) is 28.8 Å². The third-order valence-electron chi connectivity index (χ3n) is 4.16. The number of amidine groups is 1. The molecule has 0 saturated carbocycles. The van der Waals surface area contributed by atoms with Gasteiger partial charge in [0.05, 0.1) is 12.0 Å². The molecule has 0 bridgehead atoms. The van der Waals surface area contributed by atoms with Crippen LogP contribution in [0.15, 0.2) is 52.2 Å². The summed E-state index contributed by atoms with van der Waals surface area (Å²) in [6, 6.07) is 10.7. The van der Waals surface area contributed by atoms with Gasteiger partial charge in [0.25, 0.3) is 0 Å². The lowest BCUT2D eigenvalue weighted by molar-refractivity contribution is 0.225. The maximum absolute atomic E-state index is 5.72. The van der Waals surface area contributed by atoms with Gasteiger partial charge in [0.2, 0.25) is 0 Å². The third-order valence-corrected chi connectivity index (χ3v) is 5.29. The zero-order valence-electron chi connectivity index (χ0n) is 11.8. The first-order valence-corrected chi connectivity index (χ1v) is 8.30. The fraction of sp³-hybridized carbons (Fsp3) is 0.375. The van der Waals surface area contributed by atoms with Gasteiger partial charge in [-0.1, -0.05) is 24.8 Å². The van der Waals surface area contributed by atoms with Gasteiger partial charge in [-0.05, 0) is 30.7 Å². The van der Waals surface area contributed by atoms with Crippen molar-refractivity contribution in [3.05, 3.63) is 54.2 Å². The Morgan fingerprint density at radius 3 is 3.00 bits per heavy atom. The SMILES string of the molecule is CC[C@H]1CSC2=N[C@H](c3ccccn3)[C@@H](c3ccco3)N21. The topological polar surface area (TPSA) is 41.6 Å². The van der Waals surface area contributed by atoms with Gasteiger partial charge in [-0.25, -0.2) is 4.99 Å². The summed E-state index contributed by atoms with van der Waals surface area (Å²) in [7, 11) is 0. The van der Waals surface area contributed by atoms with Crippen LogP contribution in [0.2, 0.25) is 0 Å². The smallest absolute Gasteiger partial charge is 0.161 e. The summed E-state index contributed by atoms with van der Waals surface area (Å²) in [5.41, 5.74) is 1.01. The van der Waals surface area contributed by atoms with E-state index in [1.165, 1.54) is 0 Å².